The lowest BCUT2D eigenvalue weighted by Crippen LogP contribution is -1.97. The van der Waals surface area contributed by atoms with E-state index in [1.807, 2.05) is 18.2 Å². The molecule has 3 N–H and O–H groups in total. The molecule has 1 aliphatic rings. The van der Waals surface area contributed by atoms with Gasteiger partial charge in [-0.2, -0.15) is 0 Å². The third-order valence-electron chi connectivity index (χ3n) is 3.09. The molecule has 5 heteroatoms. The molecule has 29 heavy (non-hydrogen) atoms. The first kappa shape index (κ1) is 22.9. The number of rotatable bonds is 0. The fourth-order valence-electron chi connectivity index (χ4n) is 1.72. The molecule has 0 saturated heterocycles. The molecule has 148 valence electrons. The molecule has 0 aliphatic heterocycles. The van der Waals surface area contributed by atoms with Crippen LogP contribution in [0.4, 0.5) is 0 Å². The second-order valence-corrected chi connectivity index (χ2v) is 5.48. The highest BCUT2D eigenvalue weighted by atomic mass is 16.3. The number of phenols is 3. The lowest BCUT2D eigenvalue weighted by molar-refractivity contribution is -0.113. The quantitative estimate of drug-likeness (QED) is 0.494. The highest BCUT2D eigenvalue weighted by molar-refractivity contribution is 6.14. The molecular formula is C24H22O5. The van der Waals surface area contributed by atoms with Crippen molar-refractivity contribution in [1.82, 2.24) is 0 Å². The number of ketones is 2. The number of hydrogen-bond acceptors (Lipinski definition) is 5. The summed E-state index contributed by atoms with van der Waals surface area (Å²) in [5.41, 5.74) is 0. The smallest absolute Gasteiger partial charge is 0.178 e. The molecule has 0 saturated carbocycles. The molecule has 0 aromatic heterocycles. The van der Waals surface area contributed by atoms with Crippen molar-refractivity contribution in [3.05, 3.63) is 115 Å². The summed E-state index contributed by atoms with van der Waals surface area (Å²) in [7, 11) is 0. The summed E-state index contributed by atoms with van der Waals surface area (Å²) < 4.78 is 0. The molecular weight excluding hydrogens is 368 g/mol. The Morgan fingerprint density at radius 2 is 0.586 bits per heavy atom. The number of phenolic OH excluding ortho intramolecular Hbond substituents is 3. The minimum Gasteiger partial charge on any atom is -0.508 e. The van der Waals surface area contributed by atoms with Gasteiger partial charge in [0.1, 0.15) is 17.2 Å². The first-order valence-corrected chi connectivity index (χ1v) is 8.63. The Kier molecular flexibility index (Phi) is 11.1. The monoisotopic (exact) mass is 390 g/mol. The van der Waals surface area contributed by atoms with Crippen molar-refractivity contribution in [2.75, 3.05) is 0 Å². The van der Waals surface area contributed by atoms with Crippen molar-refractivity contribution in [3.8, 4) is 17.2 Å². The summed E-state index contributed by atoms with van der Waals surface area (Å²) in [5, 5.41) is 25.9. The number of hydrogen-bond donors (Lipinski definition) is 3. The number of para-hydroxylation sites is 3. The molecule has 1 aliphatic carbocycles. The van der Waals surface area contributed by atoms with Gasteiger partial charge in [0.05, 0.1) is 0 Å². The van der Waals surface area contributed by atoms with Crippen molar-refractivity contribution in [2.45, 2.75) is 0 Å². The number of allylic oxidation sites excluding steroid dienone is 4. The third-order valence-corrected chi connectivity index (χ3v) is 3.09. The highest BCUT2D eigenvalue weighted by Gasteiger charge is 1.97. The number of carbonyl (C=O) groups excluding carboxylic acids is 2. The van der Waals surface area contributed by atoms with Gasteiger partial charge in [-0.25, -0.2) is 0 Å². The fourth-order valence-corrected chi connectivity index (χ4v) is 1.72. The molecule has 5 nitrogen and oxygen atoms in total. The van der Waals surface area contributed by atoms with E-state index in [0.717, 1.165) is 0 Å². The summed E-state index contributed by atoms with van der Waals surface area (Å²) in [6.45, 7) is 0. The van der Waals surface area contributed by atoms with Crippen LogP contribution in [0, 0.1) is 0 Å². The summed E-state index contributed by atoms with van der Waals surface area (Å²) >= 11 is 0. The predicted molar refractivity (Wildman–Crippen MR) is 113 cm³/mol. The van der Waals surface area contributed by atoms with Crippen molar-refractivity contribution in [1.29, 1.82) is 0 Å². The standard InChI is InChI=1S/C6H4O2.3C6H6O/c7-5-1-2-6(8)4-3-5;3*7-6-4-2-1-3-5-6/h1-4H;3*1-5,7H. The van der Waals surface area contributed by atoms with E-state index >= 15 is 0 Å². The molecule has 0 fully saturated rings. The van der Waals surface area contributed by atoms with Crippen molar-refractivity contribution in [2.24, 2.45) is 0 Å². The Hall–Kier alpha value is -4.12. The molecule has 0 bridgehead atoms. The van der Waals surface area contributed by atoms with Crippen LogP contribution in [-0.4, -0.2) is 26.9 Å². The van der Waals surface area contributed by atoms with Crippen LogP contribution in [0.5, 0.6) is 17.2 Å². The molecule has 3 aromatic carbocycles. The van der Waals surface area contributed by atoms with E-state index < -0.39 is 0 Å². The maximum Gasteiger partial charge on any atom is 0.178 e. The van der Waals surface area contributed by atoms with Crippen LogP contribution >= 0.6 is 0 Å². The first-order valence-electron chi connectivity index (χ1n) is 8.63. The van der Waals surface area contributed by atoms with Crippen molar-refractivity contribution < 1.29 is 24.9 Å². The maximum absolute atomic E-state index is 10.3. The van der Waals surface area contributed by atoms with E-state index in [2.05, 4.69) is 0 Å². The lowest BCUT2D eigenvalue weighted by Gasteiger charge is -1.87. The van der Waals surface area contributed by atoms with Gasteiger partial charge < -0.3 is 15.3 Å². The third kappa shape index (κ3) is 12.8. The second kappa shape index (κ2) is 14.0. The van der Waals surface area contributed by atoms with Gasteiger partial charge >= 0.3 is 0 Å². The van der Waals surface area contributed by atoms with E-state index in [9.17, 15) is 9.59 Å². The molecule has 4 rings (SSSR count). The summed E-state index contributed by atoms with van der Waals surface area (Å²) in [6.07, 6.45) is 5.01. The number of benzene rings is 3. The minimum absolute atomic E-state index is 0.121. The molecule has 3 aromatic rings. The fraction of sp³-hybridized carbons (Fsp3) is 0. The minimum atomic E-state index is -0.121. The van der Waals surface area contributed by atoms with Gasteiger partial charge in [-0.3, -0.25) is 9.59 Å². The molecule has 0 amide bonds. The average Bonchev–Trinajstić information content (AvgIpc) is 2.73. The number of aromatic hydroxyl groups is 3. The van der Waals surface area contributed by atoms with Crippen LogP contribution in [0.15, 0.2) is 115 Å². The molecule has 0 radical (unpaired) electrons. The second-order valence-electron chi connectivity index (χ2n) is 5.48. The van der Waals surface area contributed by atoms with E-state index in [-0.39, 0.29) is 11.6 Å². The van der Waals surface area contributed by atoms with Crippen molar-refractivity contribution in [3.63, 3.8) is 0 Å². The SMILES string of the molecule is O=C1C=CC(=O)C=C1.Oc1ccccc1.Oc1ccccc1.Oc1ccccc1. The largest absolute Gasteiger partial charge is 0.508 e. The van der Waals surface area contributed by atoms with Crippen LogP contribution in [0.25, 0.3) is 0 Å². The van der Waals surface area contributed by atoms with E-state index in [1.165, 1.54) is 24.3 Å². The van der Waals surface area contributed by atoms with Gasteiger partial charge in [-0.1, -0.05) is 54.6 Å². The predicted octanol–water partition coefficient (Wildman–Crippen LogP) is 4.43. The molecule has 0 unspecified atom stereocenters. The average molecular weight is 390 g/mol. The molecule has 0 heterocycles. The normalized spacial score (nSPS) is 11.0. The Morgan fingerprint density at radius 3 is 0.724 bits per heavy atom. The molecule has 0 atom stereocenters. The van der Waals surface area contributed by atoms with Crippen LogP contribution in [0.2, 0.25) is 0 Å². The zero-order valence-electron chi connectivity index (χ0n) is 15.6. The number of carbonyl (C=O) groups is 2. The van der Waals surface area contributed by atoms with Gasteiger partial charge in [-0.15, -0.1) is 0 Å². The van der Waals surface area contributed by atoms with E-state index in [0.29, 0.717) is 17.2 Å². The Labute approximate surface area is 169 Å². The lowest BCUT2D eigenvalue weighted by atomic mass is 10.2. The maximum atomic E-state index is 10.3. The zero-order chi connectivity index (χ0) is 21.3. The van der Waals surface area contributed by atoms with Crippen LogP contribution in [0.3, 0.4) is 0 Å². The van der Waals surface area contributed by atoms with E-state index in [1.54, 1.807) is 72.8 Å². The van der Waals surface area contributed by atoms with Gasteiger partial charge in [0.25, 0.3) is 0 Å². The summed E-state index contributed by atoms with van der Waals surface area (Å²) in [4.78, 5) is 20.6. The molecule has 0 spiro atoms. The Morgan fingerprint density at radius 1 is 0.379 bits per heavy atom. The topological polar surface area (TPSA) is 94.8 Å². The van der Waals surface area contributed by atoms with Crippen LogP contribution in [-0.2, 0) is 9.59 Å². The van der Waals surface area contributed by atoms with E-state index in [4.69, 9.17) is 15.3 Å². The van der Waals surface area contributed by atoms with Gasteiger partial charge in [0, 0.05) is 0 Å². The summed E-state index contributed by atoms with van der Waals surface area (Å²) in [6, 6.07) is 26.1. The van der Waals surface area contributed by atoms with Crippen LogP contribution < -0.4 is 0 Å². The van der Waals surface area contributed by atoms with Gasteiger partial charge in [-0.05, 0) is 60.7 Å². The Bertz CT molecular complexity index is 775. The Balaban J connectivity index is 0.000000194. The highest BCUT2D eigenvalue weighted by Crippen LogP contribution is 2.04. The van der Waals surface area contributed by atoms with Gasteiger partial charge in [0.15, 0.2) is 11.6 Å². The van der Waals surface area contributed by atoms with Crippen molar-refractivity contribution >= 4 is 11.6 Å². The zero-order valence-corrected chi connectivity index (χ0v) is 15.6. The van der Waals surface area contributed by atoms with Gasteiger partial charge in [0.2, 0.25) is 0 Å². The first-order chi connectivity index (χ1) is 14.0. The van der Waals surface area contributed by atoms with Crippen LogP contribution in [0.1, 0.15) is 0 Å². The summed E-state index contributed by atoms with van der Waals surface area (Å²) in [5.74, 6) is 0.724.